The Balaban J connectivity index is 1.74. The molecular formula is C20H28N2O. The van der Waals surface area contributed by atoms with Crippen molar-refractivity contribution in [2.75, 3.05) is 13.1 Å². The maximum atomic E-state index is 9.87. The van der Waals surface area contributed by atoms with Crippen molar-refractivity contribution in [2.45, 2.75) is 57.9 Å². The first-order valence-electron chi connectivity index (χ1n) is 9.25. The predicted molar refractivity (Wildman–Crippen MR) is 95.1 cm³/mol. The lowest BCUT2D eigenvalue weighted by atomic mass is 9.80. The molecule has 2 aliphatic rings. The fraction of sp³-hybridized carbons (Fsp3) is 0.600. The van der Waals surface area contributed by atoms with Crippen molar-refractivity contribution in [1.82, 2.24) is 9.88 Å². The summed E-state index contributed by atoms with van der Waals surface area (Å²) >= 11 is 0. The fourth-order valence-corrected chi connectivity index (χ4v) is 4.84. The van der Waals surface area contributed by atoms with Crippen LogP contribution in [0.25, 0.3) is 10.9 Å². The average molecular weight is 312 g/mol. The summed E-state index contributed by atoms with van der Waals surface area (Å²) in [5, 5.41) is 11.1. The van der Waals surface area contributed by atoms with Crippen LogP contribution in [0.15, 0.2) is 18.2 Å². The lowest BCUT2D eigenvalue weighted by Crippen LogP contribution is -2.45. The number of hydrogen-bond donors (Lipinski definition) is 2. The average Bonchev–Trinajstić information content (AvgIpc) is 2.87. The molecule has 0 amide bonds. The van der Waals surface area contributed by atoms with Crippen LogP contribution in [0.4, 0.5) is 0 Å². The molecule has 0 spiro atoms. The van der Waals surface area contributed by atoms with Crippen molar-refractivity contribution < 1.29 is 5.11 Å². The normalized spacial score (nSPS) is 30.2. The summed E-state index contributed by atoms with van der Waals surface area (Å²) in [5.74, 6) is 1.82. The van der Waals surface area contributed by atoms with Crippen LogP contribution in [0, 0.1) is 5.92 Å². The number of H-pyrrole nitrogens is 1. The van der Waals surface area contributed by atoms with Gasteiger partial charge in [0.15, 0.2) is 0 Å². The van der Waals surface area contributed by atoms with E-state index < -0.39 is 0 Å². The van der Waals surface area contributed by atoms with Gasteiger partial charge in [0.25, 0.3) is 0 Å². The van der Waals surface area contributed by atoms with E-state index in [1.165, 1.54) is 54.4 Å². The quantitative estimate of drug-likeness (QED) is 0.881. The summed E-state index contributed by atoms with van der Waals surface area (Å²) in [6, 6.07) is 6.38. The third-order valence-electron chi connectivity index (χ3n) is 6.15. The molecule has 4 rings (SSSR count). The molecule has 2 aliphatic heterocycles. The molecule has 0 aliphatic carbocycles. The van der Waals surface area contributed by atoms with Gasteiger partial charge >= 0.3 is 0 Å². The van der Waals surface area contributed by atoms with E-state index in [1.807, 2.05) is 12.1 Å². The van der Waals surface area contributed by atoms with Crippen LogP contribution in [0.1, 0.15) is 56.7 Å². The van der Waals surface area contributed by atoms with E-state index in [2.05, 4.69) is 23.7 Å². The molecule has 1 aromatic carbocycles. The number of phenols is 1. The lowest BCUT2D eigenvalue weighted by Gasteiger charge is -2.42. The van der Waals surface area contributed by atoms with Gasteiger partial charge in [-0.1, -0.05) is 19.8 Å². The van der Waals surface area contributed by atoms with E-state index in [0.717, 1.165) is 18.9 Å². The molecular weight excluding hydrogens is 284 g/mol. The number of aromatic hydroxyl groups is 1. The Kier molecular flexibility index (Phi) is 3.84. The van der Waals surface area contributed by atoms with Gasteiger partial charge in [-0.2, -0.15) is 0 Å². The second-order valence-electron chi connectivity index (χ2n) is 7.58. The summed E-state index contributed by atoms with van der Waals surface area (Å²) in [4.78, 5) is 6.41. The van der Waals surface area contributed by atoms with Crippen molar-refractivity contribution in [1.29, 1.82) is 0 Å². The first-order chi connectivity index (χ1) is 11.2. The van der Waals surface area contributed by atoms with Gasteiger partial charge in [0.05, 0.1) is 0 Å². The van der Waals surface area contributed by atoms with Crippen molar-refractivity contribution >= 4 is 10.9 Å². The third kappa shape index (κ3) is 2.55. The molecule has 23 heavy (non-hydrogen) atoms. The number of nitrogens with one attached hydrogen (secondary N) is 1. The minimum atomic E-state index is 0.376. The molecule has 0 radical (unpaired) electrons. The number of aromatic nitrogens is 1. The van der Waals surface area contributed by atoms with Crippen molar-refractivity contribution in [3.63, 3.8) is 0 Å². The monoisotopic (exact) mass is 312 g/mol. The Morgan fingerprint density at radius 3 is 3.04 bits per heavy atom. The van der Waals surface area contributed by atoms with Crippen LogP contribution in [-0.2, 0) is 6.42 Å². The van der Waals surface area contributed by atoms with Crippen LogP contribution in [-0.4, -0.2) is 34.1 Å². The molecule has 1 fully saturated rings. The first kappa shape index (κ1) is 15.1. The van der Waals surface area contributed by atoms with Gasteiger partial charge in [-0.05, 0) is 55.9 Å². The van der Waals surface area contributed by atoms with Gasteiger partial charge in [-0.15, -0.1) is 0 Å². The zero-order chi connectivity index (χ0) is 16.0. The molecule has 3 unspecified atom stereocenters. The number of rotatable bonds is 3. The second kappa shape index (κ2) is 5.86. The molecule has 1 saturated heterocycles. The van der Waals surface area contributed by atoms with Crippen LogP contribution in [0.3, 0.4) is 0 Å². The summed E-state index contributed by atoms with van der Waals surface area (Å²) in [6.45, 7) is 7.11. The number of phenolic OH excluding ortho intramolecular Hbond substituents is 1. The number of unbranched alkanes of at least 4 members (excludes halogenated alkanes) is 1. The van der Waals surface area contributed by atoms with Gasteiger partial charge in [-0.3, -0.25) is 4.90 Å². The summed E-state index contributed by atoms with van der Waals surface area (Å²) < 4.78 is 0. The number of nitrogens with zero attached hydrogens (tertiary/aromatic N) is 1. The highest BCUT2D eigenvalue weighted by atomic mass is 16.3. The summed E-state index contributed by atoms with van der Waals surface area (Å²) in [7, 11) is 0. The molecule has 2 bridgehead atoms. The summed E-state index contributed by atoms with van der Waals surface area (Å²) in [6.07, 6.45) is 6.43. The highest BCUT2D eigenvalue weighted by Crippen LogP contribution is 2.42. The number of benzene rings is 1. The lowest BCUT2D eigenvalue weighted by molar-refractivity contribution is 0.0984. The van der Waals surface area contributed by atoms with Gasteiger partial charge in [-0.25, -0.2) is 0 Å². The molecule has 3 heteroatoms. The molecule has 3 heterocycles. The minimum Gasteiger partial charge on any atom is -0.508 e. The van der Waals surface area contributed by atoms with Crippen LogP contribution >= 0.6 is 0 Å². The number of aromatic amines is 1. The molecule has 124 valence electrons. The predicted octanol–water partition coefficient (Wildman–Crippen LogP) is 4.41. The van der Waals surface area contributed by atoms with Gasteiger partial charge < -0.3 is 10.1 Å². The Hall–Kier alpha value is -1.48. The fourth-order valence-electron chi connectivity index (χ4n) is 4.84. The second-order valence-corrected chi connectivity index (χ2v) is 7.58. The molecule has 2 aromatic rings. The van der Waals surface area contributed by atoms with E-state index >= 15 is 0 Å². The molecule has 2 N–H and O–H groups in total. The van der Waals surface area contributed by atoms with Crippen molar-refractivity contribution in [3.8, 4) is 5.75 Å². The Bertz CT molecular complexity index is 705. The van der Waals surface area contributed by atoms with Crippen LogP contribution in [0.5, 0.6) is 5.75 Å². The number of hydrogen-bond acceptors (Lipinski definition) is 2. The Morgan fingerprint density at radius 1 is 1.35 bits per heavy atom. The molecule has 0 saturated carbocycles. The van der Waals surface area contributed by atoms with Gasteiger partial charge in [0.1, 0.15) is 5.75 Å². The Labute approximate surface area is 138 Å². The number of fused-ring (bicyclic) bond motifs is 6. The highest BCUT2D eigenvalue weighted by molar-refractivity contribution is 5.86. The third-order valence-corrected chi connectivity index (χ3v) is 6.15. The van der Waals surface area contributed by atoms with Gasteiger partial charge in [0.2, 0.25) is 0 Å². The first-order valence-corrected chi connectivity index (χ1v) is 9.25. The smallest absolute Gasteiger partial charge is 0.116 e. The molecule has 4 atom stereocenters. The molecule has 1 aromatic heterocycles. The zero-order valence-electron chi connectivity index (χ0n) is 14.3. The van der Waals surface area contributed by atoms with Crippen LogP contribution < -0.4 is 0 Å². The van der Waals surface area contributed by atoms with E-state index in [1.54, 1.807) is 6.07 Å². The van der Waals surface area contributed by atoms with Gasteiger partial charge in [0, 0.05) is 41.6 Å². The zero-order valence-corrected chi connectivity index (χ0v) is 14.3. The van der Waals surface area contributed by atoms with E-state index in [-0.39, 0.29) is 0 Å². The standard InChI is InChI=1S/C20H28N2O/c1-3-4-5-14-10-17-13(2)22(12-14)9-8-16-18-11-15(23)6-7-19(18)21-20(16)17/h6-7,11,13-14,17,21,23H,3-5,8-10,12H2,1-2H3/t13?,14?,17-/m1/s1. The number of piperidine rings is 1. The Morgan fingerprint density at radius 2 is 2.22 bits per heavy atom. The summed E-state index contributed by atoms with van der Waals surface area (Å²) in [5.41, 5.74) is 4.08. The SMILES string of the molecule is CCCCC1C[C@H]2c3[nH]c4ccc(O)cc4c3CCN(C1)C2C. The maximum absolute atomic E-state index is 9.87. The van der Waals surface area contributed by atoms with E-state index in [0.29, 0.717) is 17.7 Å². The van der Waals surface area contributed by atoms with E-state index in [9.17, 15) is 5.11 Å². The topological polar surface area (TPSA) is 39.3 Å². The molecule has 3 nitrogen and oxygen atoms in total. The largest absolute Gasteiger partial charge is 0.508 e. The maximum Gasteiger partial charge on any atom is 0.116 e. The van der Waals surface area contributed by atoms with Crippen LogP contribution in [0.2, 0.25) is 0 Å². The van der Waals surface area contributed by atoms with Crippen molar-refractivity contribution in [2.24, 2.45) is 5.92 Å². The van der Waals surface area contributed by atoms with Crippen molar-refractivity contribution in [3.05, 3.63) is 29.5 Å². The minimum absolute atomic E-state index is 0.376. The van der Waals surface area contributed by atoms with E-state index in [4.69, 9.17) is 0 Å². The highest BCUT2D eigenvalue weighted by Gasteiger charge is 2.38.